The maximum absolute atomic E-state index is 13.8. The summed E-state index contributed by atoms with van der Waals surface area (Å²) in [5, 5.41) is 5.52. The summed E-state index contributed by atoms with van der Waals surface area (Å²) in [6.45, 7) is -0.142. The number of benzene rings is 2. The molecule has 0 amide bonds. The van der Waals surface area contributed by atoms with Gasteiger partial charge in [-0.25, -0.2) is 27.7 Å². The maximum atomic E-state index is 13.8. The molecule has 3 aromatic rings. The predicted octanol–water partition coefficient (Wildman–Crippen LogP) is 2.44. The fourth-order valence-electron chi connectivity index (χ4n) is 2.02. The van der Waals surface area contributed by atoms with Crippen LogP contribution in [0.1, 0.15) is 15.4 Å². The standard InChI is InChI=1S/C15H11FN2O4S2/c16-11-6-5-9(24(17,20)21)7-10(11)15(19)22-8-14-18-12-3-1-2-4-13(12)23-14/h1-7H,8H2,(H2,17,20,21). The minimum absolute atomic E-state index is 0.142. The zero-order valence-corrected chi connectivity index (χ0v) is 13.7. The molecule has 0 fully saturated rings. The van der Waals surface area contributed by atoms with Gasteiger partial charge in [-0.15, -0.1) is 11.3 Å². The van der Waals surface area contributed by atoms with Gasteiger partial charge in [0.1, 0.15) is 17.4 Å². The number of hydrogen-bond donors (Lipinski definition) is 1. The number of esters is 1. The molecular weight excluding hydrogens is 355 g/mol. The highest BCUT2D eigenvalue weighted by molar-refractivity contribution is 7.89. The van der Waals surface area contributed by atoms with Crippen LogP contribution < -0.4 is 5.14 Å². The molecule has 0 radical (unpaired) electrons. The van der Waals surface area contributed by atoms with Gasteiger partial charge in [0.25, 0.3) is 0 Å². The Labute approximate surface area is 140 Å². The number of ether oxygens (including phenoxy) is 1. The van der Waals surface area contributed by atoms with Crippen LogP contribution in [-0.4, -0.2) is 19.4 Å². The number of aromatic nitrogens is 1. The number of carbonyl (C=O) groups is 1. The Morgan fingerprint density at radius 2 is 2.00 bits per heavy atom. The Bertz CT molecular complexity index is 998. The first-order chi connectivity index (χ1) is 11.3. The van der Waals surface area contributed by atoms with Crippen molar-refractivity contribution in [2.45, 2.75) is 11.5 Å². The molecule has 0 aliphatic rings. The number of sulfonamides is 1. The number of primary sulfonamides is 1. The average Bonchev–Trinajstić information content (AvgIpc) is 2.94. The number of thiazole rings is 1. The highest BCUT2D eigenvalue weighted by Crippen LogP contribution is 2.22. The minimum atomic E-state index is -4.04. The summed E-state index contributed by atoms with van der Waals surface area (Å²) in [6, 6.07) is 10.1. The fraction of sp³-hybridized carbons (Fsp3) is 0.0667. The third-order valence-electron chi connectivity index (χ3n) is 3.15. The smallest absolute Gasteiger partial charge is 0.341 e. The van der Waals surface area contributed by atoms with Gasteiger partial charge < -0.3 is 4.74 Å². The van der Waals surface area contributed by atoms with Crippen LogP contribution in [0, 0.1) is 5.82 Å². The maximum Gasteiger partial charge on any atom is 0.341 e. The van der Waals surface area contributed by atoms with Crippen LogP contribution in [0.15, 0.2) is 47.4 Å². The van der Waals surface area contributed by atoms with E-state index in [9.17, 15) is 17.6 Å². The lowest BCUT2D eigenvalue weighted by atomic mass is 10.2. The molecule has 3 rings (SSSR count). The van der Waals surface area contributed by atoms with Gasteiger partial charge in [0.15, 0.2) is 0 Å². The van der Waals surface area contributed by atoms with E-state index in [0.29, 0.717) is 5.01 Å². The van der Waals surface area contributed by atoms with Crippen LogP contribution in [0.4, 0.5) is 4.39 Å². The Morgan fingerprint density at radius 1 is 1.25 bits per heavy atom. The number of nitrogens with two attached hydrogens (primary N) is 1. The highest BCUT2D eigenvalue weighted by Gasteiger charge is 2.18. The lowest BCUT2D eigenvalue weighted by Gasteiger charge is -2.05. The average molecular weight is 366 g/mol. The third-order valence-corrected chi connectivity index (χ3v) is 5.07. The van der Waals surface area contributed by atoms with Crippen molar-refractivity contribution in [1.29, 1.82) is 0 Å². The number of nitrogens with zero attached hydrogens (tertiary/aromatic N) is 1. The summed E-state index contributed by atoms with van der Waals surface area (Å²) in [5.74, 6) is -1.88. The van der Waals surface area contributed by atoms with Crippen molar-refractivity contribution in [3.63, 3.8) is 0 Å². The normalized spacial score (nSPS) is 11.6. The zero-order chi connectivity index (χ0) is 17.3. The van der Waals surface area contributed by atoms with Gasteiger partial charge in [0.05, 0.1) is 20.7 Å². The number of halogens is 1. The van der Waals surface area contributed by atoms with Crippen LogP contribution in [0.2, 0.25) is 0 Å². The molecule has 0 spiro atoms. The van der Waals surface area contributed by atoms with Crippen molar-refractivity contribution in [3.05, 3.63) is 58.9 Å². The van der Waals surface area contributed by atoms with Crippen molar-refractivity contribution in [1.82, 2.24) is 4.98 Å². The minimum Gasteiger partial charge on any atom is -0.455 e. The third kappa shape index (κ3) is 3.42. The molecule has 24 heavy (non-hydrogen) atoms. The second-order valence-corrected chi connectivity index (χ2v) is 7.51. The van der Waals surface area contributed by atoms with Gasteiger partial charge in [-0.3, -0.25) is 0 Å². The summed E-state index contributed by atoms with van der Waals surface area (Å²) in [6.07, 6.45) is 0. The van der Waals surface area contributed by atoms with Gasteiger partial charge in [0.2, 0.25) is 10.0 Å². The lowest BCUT2D eigenvalue weighted by Crippen LogP contribution is -2.14. The summed E-state index contributed by atoms with van der Waals surface area (Å²) in [5.41, 5.74) is 0.276. The second kappa shape index (κ2) is 6.27. The number of rotatable bonds is 4. The monoisotopic (exact) mass is 366 g/mol. The Morgan fingerprint density at radius 3 is 2.71 bits per heavy atom. The zero-order valence-electron chi connectivity index (χ0n) is 12.1. The van der Waals surface area contributed by atoms with E-state index in [0.717, 1.165) is 28.4 Å². The van der Waals surface area contributed by atoms with Crippen LogP contribution >= 0.6 is 11.3 Å². The second-order valence-electron chi connectivity index (χ2n) is 4.84. The largest absolute Gasteiger partial charge is 0.455 e. The summed E-state index contributed by atoms with van der Waals surface area (Å²) < 4.78 is 42.3. The van der Waals surface area contributed by atoms with Gasteiger partial charge in [-0.1, -0.05) is 12.1 Å². The number of hydrogen-bond acceptors (Lipinski definition) is 6. The molecular formula is C15H11FN2O4S2. The molecule has 2 aromatic carbocycles. The Hall–Kier alpha value is -2.36. The van der Waals surface area contributed by atoms with Gasteiger partial charge >= 0.3 is 5.97 Å². The van der Waals surface area contributed by atoms with E-state index in [1.54, 1.807) is 0 Å². The van der Waals surface area contributed by atoms with Crippen LogP contribution in [0.5, 0.6) is 0 Å². The highest BCUT2D eigenvalue weighted by atomic mass is 32.2. The van der Waals surface area contributed by atoms with Gasteiger partial charge in [-0.05, 0) is 30.3 Å². The molecule has 0 saturated heterocycles. The van der Waals surface area contributed by atoms with Crippen molar-refractivity contribution >= 4 is 37.5 Å². The fourth-order valence-corrected chi connectivity index (χ4v) is 3.44. The topological polar surface area (TPSA) is 99.4 Å². The van der Waals surface area contributed by atoms with E-state index in [4.69, 9.17) is 9.88 Å². The summed E-state index contributed by atoms with van der Waals surface area (Å²) in [7, 11) is -4.04. The first-order valence-electron chi connectivity index (χ1n) is 6.68. The van der Waals surface area contributed by atoms with Crippen LogP contribution in [0.3, 0.4) is 0 Å². The molecule has 0 unspecified atom stereocenters. The number of carbonyl (C=O) groups excluding carboxylic acids is 1. The quantitative estimate of drug-likeness (QED) is 0.715. The van der Waals surface area contributed by atoms with Crippen molar-refractivity contribution in [2.75, 3.05) is 0 Å². The lowest BCUT2D eigenvalue weighted by molar-refractivity contribution is 0.0467. The van der Waals surface area contributed by atoms with E-state index < -0.39 is 27.4 Å². The van der Waals surface area contributed by atoms with Crippen LogP contribution in [0.25, 0.3) is 10.2 Å². The molecule has 124 valence electrons. The van der Waals surface area contributed by atoms with Gasteiger partial charge in [0, 0.05) is 0 Å². The van der Waals surface area contributed by atoms with E-state index in [-0.39, 0.29) is 11.5 Å². The molecule has 0 saturated carbocycles. The summed E-state index contributed by atoms with van der Waals surface area (Å²) >= 11 is 1.35. The molecule has 1 heterocycles. The first kappa shape index (κ1) is 16.5. The predicted molar refractivity (Wildman–Crippen MR) is 86.5 cm³/mol. The number of para-hydroxylation sites is 1. The van der Waals surface area contributed by atoms with E-state index in [1.165, 1.54) is 11.3 Å². The van der Waals surface area contributed by atoms with E-state index in [1.807, 2.05) is 24.3 Å². The van der Waals surface area contributed by atoms with Crippen molar-refractivity contribution in [2.24, 2.45) is 5.14 Å². The Kier molecular flexibility index (Phi) is 4.31. The molecule has 2 N–H and O–H groups in total. The van der Waals surface area contributed by atoms with Crippen molar-refractivity contribution in [3.8, 4) is 0 Å². The molecule has 0 aliphatic heterocycles. The number of fused-ring (bicyclic) bond motifs is 1. The van der Waals surface area contributed by atoms with E-state index in [2.05, 4.69) is 4.98 Å². The molecule has 9 heteroatoms. The van der Waals surface area contributed by atoms with Crippen LogP contribution in [-0.2, 0) is 21.4 Å². The molecule has 0 bridgehead atoms. The molecule has 0 atom stereocenters. The first-order valence-corrected chi connectivity index (χ1v) is 9.05. The SMILES string of the molecule is NS(=O)(=O)c1ccc(F)c(C(=O)OCc2nc3ccccc3s2)c1. The summed E-state index contributed by atoms with van der Waals surface area (Å²) in [4.78, 5) is 15.9. The Balaban J connectivity index is 1.79. The molecule has 0 aliphatic carbocycles. The van der Waals surface area contributed by atoms with E-state index >= 15 is 0 Å². The van der Waals surface area contributed by atoms with Gasteiger partial charge in [-0.2, -0.15) is 0 Å². The molecule has 1 aromatic heterocycles. The van der Waals surface area contributed by atoms with Crippen molar-refractivity contribution < 1.29 is 22.3 Å². The molecule has 6 nitrogen and oxygen atoms in total.